The van der Waals surface area contributed by atoms with Gasteiger partial charge in [-0.15, -0.1) is 12.4 Å². The van der Waals surface area contributed by atoms with Gasteiger partial charge >= 0.3 is 0 Å². The van der Waals surface area contributed by atoms with E-state index in [-0.39, 0.29) is 12.4 Å². The highest BCUT2D eigenvalue weighted by molar-refractivity contribution is 7.91. The van der Waals surface area contributed by atoms with Gasteiger partial charge in [-0.05, 0) is 18.6 Å². The van der Waals surface area contributed by atoms with Crippen LogP contribution in [-0.4, -0.2) is 38.2 Å². The molecule has 0 spiro atoms. The maximum Gasteiger partial charge on any atom is 0.177 e. The lowest BCUT2D eigenvalue weighted by Crippen LogP contribution is -2.23. The molecule has 1 aromatic carbocycles. The summed E-state index contributed by atoms with van der Waals surface area (Å²) in [6.45, 7) is 4.22. The lowest BCUT2D eigenvalue weighted by atomic mass is 10.2. The topological polar surface area (TPSA) is 63.5 Å². The summed E-state index contributed by atoms with van der Waals surface area (Å²) >= 11 is 0. The fraction of sp³-hybridized carbons (Fsp3) is 0.357. The van der Waals surface area contributed by atoms with Crippen molar-refractivity contribution in [3.8, 4) is 0 Å². The molecule has 0 atom stereocenters. The summed E-state index contributed by atoms with van der Waals surface area (Å²) in [4.78, 5) is 4.75. The second kappa shape index (κ2) is 5.69. The molecule has 0 saturated heterocycles. The van der Waals surface area contributed by atoms with Crippen molar-refractivity contribution in [2.24, 2.45) is 4.99 Å². The van der Waals surface area contributed by atoms with Gasteiger partial charge in [0.25, 0.3) is 0 Å². The smallest absolute Gasteiger partial charge is 0.177 e. The summed E-state index contributed by atoms with van der Waals surface area (Å²) in [5, 5.41) is 3.99. The average Bonchev–Trinajstić information content (AvgIpc) is 2.97. The Balaban J connectivity index is 0.00000161. The number of hydrogen-bond acceptors (Lipinski definition) is 4. The van der Waals surface area contributed by atoms with Crippen molar-refractivity contribution in [3.63, 3.8) is 0 Å². The molecule has 3 rings (SSSR count). The van der Waals surface area contributed by atoms with E-state index >= 15 is 0 Å². The van der Waals surface area contributed by atoms with Crippen LogP contribution in [-0.2, 0) is 16.4 Å². The minimum absolute atomic E-state index is 0. The number of halogens is 1. The molecule has 0 aliphatic carbocycles. The van der Waals surface area contributed by atoms with Gasteiger partial charge in [-0.3, -0.25) is 4.99 Å². The molecule has 1 aliphatic heterocycles. The van der Waals surface area contributed by atoms with Gasteiger partial charge in [-0.1, -0.05) is 12.1 Å². The average molecular weight is 328 g/mol. The molecule has 114 valence electrons. The number of hydrogen-bond donors (Lipinski definition) is 1. The summed E-state index contributed by atoms with van der Waals surface area (Å²) < 4.78 is 25.8. The van der Waals surface area contributed by atoms with E-state index in [9.17, 15) is 8.42 Å². The van der Waals surface area contributed by atoms with Crippen LogP contribution in [0.4, 0.5) is 0 Å². The Hall–Kier alpha value is -1.53. The Morgan fingerprint density at radius 3 is 2.76 bits per heavy atom. The van der Waals surface area contributed by atoms with E-state index in [1.54, 1.807) is 6.20 Å². The van der Waals surface area contributed by atoms with Gasteiger partial charge in [-0.25, -0.2) is 8.42 Å². The van der Waals surface area contributed by atoms with E-state index in [4.69, 9.17) is 0 Å². The van der Waals surface area contributed by atoms with Gasteiger partial charge in [-0.2, -0.15) is 0 Å². The normalized spacial score (nSPS) is 14.7. The second-order valence-electron chi connectivity index (χ2n) is 5.17. The molecule has 0 amide bonds. The van der Waals surface area contributed by atoms with Crippen molar-refractivity contribution >= 4 is 39.0 Å². The molecule has 7 heteroatoms. The van der Waals surface area contributed by atoms with Crippen LogP contribution in [0.5, 0.6) is 0 Å². The predicted octanol–water partition coefficient (Wildman–Crippen LogP) is 1.78. The minimum Gasteiger partial charge on any atom is -0.370 e. The summed E-state index contributed by atoms with van der Waals surface area (Å²) in [5.41, 5.74) is 2.04. The molecule has 0 radical (unpaired) electrons. The van der Waals surface area contributed by atoms with Crippen molar-refractivity contribution in [2.45, 2.75) is 18.4 Å². The number of amidine groups is 1. The van der Waals surface area contributed by atoms with Crippen molar-refractivity contribution in [3.05, 3.63) is 30.0 Å². The van der Waals surface area contributed by atoms with E-state index in [0.29, 0.717) is 11.4 Å². The highest BCUT2D eigenvalue weighted by Crippen LogP contribution is 2.26. The first-order valence-corrected chi connectivity index (χ1v) is 8.41. The monoisotopic (exact) mass is 327 g/mol. The fourth-order valence-electron chi connectivity index (χ4n) is 2.51. The summed E-state index contributed by atoms with van der Waals surface area (Å²) in [6, 6.07) is 5.83. The molecule has 0 bridgehead atoms. The zero-order valence-electron chi connectivity index (χ0n) is 12.0. The Morgan fingerprint density at radius 2 is 2.14 bits per heavy atom. The number of aromatic nitrogens is 1. The van der Waals surface area contributed by atoms with Crippen molar-refractivity contribution in [2.75, 3.05) is 19.3 Å². The molecular weight excluding hydrogens is 310 g/mol. The van der Waals surface area contributed by atoms with Gasteiger partial charge in [0.05, 0.1) is 23.5 Å². The van der Waals surface area contributed by atoms with E-state index in [2.05, 4.69) is 10.3 Å². The van der Waals surface area contributed by atoms with Crippen LogP contribution < -0.4 is 5.32 Å². The molecule has 0 fully saturated rings. The minimum atomic E-state index is -3.24. The third-order valence-electron chi connectivity index (χ3n) is 3.46. The largest absolute Gasteiger partial charge is 0.370 e. The number of benzene rings is 1. The highest BCUT2D eigenvalue weighted by Gasteiger charge is 2.18. The number of nitrogens with one attached hydrogen (secondary N) is 1. The Morgan fingerprint density at radius 1 is 1.38 bits per heavy atom. The van der Waals surface area contributed by atoms with Crippen LogP contribution in [0, 0.1) is 6.92 Å². The van der Waals surface area contributed by atoms with Crippen molar-refractivity contribution in [1.29, 1.82) is 0 Å². The van der Waals surface area contributed by atoms with Gasteiger partial charge in [0, 0.05) is 24.4 Å². The molecule has 5 nitrogen and oxygen atoms in total. The second-order valence-corrected chi connectivity index (χ2v) is 7.15. The van der Waals surface area contributed by atoms with Crippen LogP contribution in [0.25, 0.3) is 10.9 Å². The van der Waals surface area contributed by atoms with E-state index < -0.39 is 9.84 Å². The van der Waals surface area contributed by atoms with Gasteiger partial charge in [0.1, 0.15) is 5.84 Å². The van der Waals surface area contributed by atoms with Crippen LogP contribution in [0.1, 0.15) is 5.56 Å². The number of aryl methyl sites for hydroxylation is 1. The maximum absolute atomic E-state index is 11.9. The van der Waals surface area contributed by atoms with Crippen LogP contribution in [0.15, 0.2) is 34.3 Å². The van der Waals surface area contributed by atoms with Crippen LogP contribution in [0.2, 0.25) is 0 Å². The molecule has 2 aromatic rings. The van der Waals surface area contributed by atoms with Crippen LogP contribution in [0.3, 0.4) is 0 Å². The number of sulfone groups is 1. The molecule has 0 saturated carbocycles. The highest BCUT2D eigenvalue weighted by atomic mass is 35.5. The quantitative estimate of drug-likeness (QED) is 0.934. The van der Waals surface area contributed by atoms with Gasteiger partial charge < -0.3 is 9.88 Å². The van der Waals surface area contributed by atoms with E-state index in [0.717, 1.165) is 35.4 Å². The Bertz CT molecular complexity index is 809. The Kier molecular flexibility index (Phi) is 4.30. The first-order valence-electron chi connectivity index (χ1n) is 6.52. The SMILES string of the molecule is Cc1ccc2c(S(C)(=O)=O)cn(CC3=NCCN3)c2c1.Cl. The van der Waals surface area contributed by atoms with E-state index in [1.807, 2.05) is 29.7 Å². The molecule has 1 aliphatic rings. The molecule has 21 heavy (non-hydrogen) atoms. The maximum atomic E-state index is 11.9. The molecule has 1 aromatic heterocycles. The summed E-state index contributed by atoms with van der Waals surface area (Å²) in [6.07, 6.45) is 2.96. The number of aliphatic imine (C=N–C) groups is 1. The first kappa shape index (κ1) is 15.9. The molecule has 2 heterocycles. The lowest BCUT2D eigenvalue weighted by Gasteiger charge is -2.06. The van der Waals surface area contributed by atoms with Crippen molar-refractivity contribution < 1.29 is 8.42 Å². The third kappa shape index (κ3) is 3.06. The van der Waals surface area contributed by atoms with Gasteiger partial charge in [0.15, 0.2) is 9.84 Å². The zero-order chi connectivity index (χ0) is 14.3. The lowest BCUT2D eigenvalue weighted by molar-refractivity contribution is 0.602. The van der Waals surface area contributed by atoms with Crippen LogP contribution >= 0.6 is 12.4 Å². The zero-order valence-corrected chi connectivity index (χ0v) is 13.6. The first-order chi connectivity index (χ1) is 9.45. The number of fused-ring (bicyclic) bond motifs is 1. The fourth-order valence-corrected chi connectivity index (χ4v) is 3.40. The van der Waals surface area contributed by atoms with Crippen molar-refractivity contribution in [1.82, 2.24) is 9.88 Å². The van der Waals surface area contributed by atoms with E-state index in [1.165, 1.54) is 6.26 Å². The number of nitrogens with zero attached hydrogens (tertiary/aromatic N) is 2. The standard InChI is InChI=1S/C14H17N3O2S.ClH/c1-10-3-4-11-12(7-10)17(8-13(11)20(2,18)19)9-14-15-5-6-16-14;/h3-4,7-8H,5-6,9H2,1-2H3,(H,15,16);1H. The summed E-state index contributed by atoms with van der Waals surface area (Å²) in [7, 11) is -3.24. The third-order valence-corrected chi connectivity index (χ3v) is 4.59. The molecule has 0 unspecified atom stereocenters. The molecule has 1 N–H and O–H groups in total. The predicted molar refractivity (Wildman–Crippen MR) is 87.3 cm³/mol. The Labute approximate surface area is 130 Å². The van der Waals surface area contributed by atoms with Gasteiger partial charge in [0.2, 0.25) is 0 Å². The molecular formula is C14H18ClN3O2S. The summed E-state index contributed by atoms with van der Waals surface area (Å²) in [5.74, 6) is 0.906. The number of rotatable bonds is 3.